The zero-order chi connectivity index (χ0) is 18.9. The maximum Gasteiger partial charge on any atom is 0.274 e. The molecule has 5 heterocycles. The predicted octanol–water partition coefficient (Wildman–Crippen LogP) is 2.62. The van der Waals surface area contributed by atoms with Crippen molar-refractivity contribution < 1.29 is 9.53 Å². The average molecular weight is 377 g/mol. The molecule has 1 atom stereocenters. The first kappa shape index (κ1) is 17.0. The first-order valence-electron chi connectivity index (χ1n) is 9.87. The molecule has 1 unspecified atom stereocenters. The quantitative estimate of drug-likeness (QED) is 0.699. The summed E-state index contributed by atoms with van der Waals surface area (Å²) in [5.74, 6) is 1.70. The van der Waals surface area contributed by atoms with Gasteiger partial charge in [-0.1, -0.05) is 6.07 Å². The number of anilines is 1. The molecule has 3 aromatic rings. The molecule has 7 heteroatoms. The van der Waals surface area contributed by atoms with E-state index in [0.29, 0.717) is 18.8 Å². The second-order valence-corrected chi connectivity index (χ2v) is 7.39. The second-order valence-electron chi connectivity index (χ2n) is 7.39. The molecule has 2 fully saturated rings. The number of fused-ring (bicyclic) bond motifs is 1. The topological polar surface area (TPSA) is 63.0 Å². The van der Waals surface area contributed by atoms with Crippen molar-refractivity contribution >= 4 is 17.4 Å². The Hall–Kier alpha value is -3.09. The highest BCUT2D eigenvalue weighted by Gasteiger charge is 2.30. The zero-order valence-corrected chi connectivity index (χ0v) is 15.7. The number of amides is 1. The van der Waals surface area contributed by atoms with E-state index in [1.165, 1.54) is 12.8 Å². The number of imidazole rings is 1. The van der Waals surface area contributed by atoms with Crippen LogP contribution in [-0.2, 0) is 0 Å². The molecule has 3 aromatic heterocycles. The zero-order valence-electron chi connectivity index (χ0n) is 15.7. The van der Waals surface area contributed by atoms with Gasteiger partial charge in [0.15, 0.2) is 11.6 Å². The number of nitrogens with zero attached hydrogens (tertiary/aromatic N) is 5. The molecule has 28 heavy (non-hydrogen) atoms. The van der Waals surface area contributed by atoms with Gasteiger partial charge in [0.2, 0.25) is 0 Å². The smallest absolute Gasteiger partial charge is 0.274 e. The molecule has 0 saturated carbocycles. The van der Waals surface area contributed by atoms with Gasteiger partial charge in [-0.15, -0.1) is 0 Å². The normalized spacial score (nSPS) is 19.5. The van der Waals surface area contributed by atoms with Gasteiger partial charge in [0, 0.05) is 44.6 Å². The monoisotopic (exact) mass is 377 g/mol. The Balaban J connectivity index is 1.28. The number of rotatable bonds is 4. The van der Waals surface area contributed by atoms with Crippen LogP contribution >= 0.6 is 0 Å². The summed E-state index contributed by atoms with van der Waals surface area (Å²) in [7, 11) is 0. The maximum atomic E-state index is 12.9. The first-order chi connectivity index (χ1) is 13.8. The van der Waals surface area contributed by atoms with E-state index >= 15 is 0 Å². The number of aromatic nitrogens is 3. The summed E-state index contributed by atoms with van der Waals surface area (Å²) in [5, 5.41) is 0. The molecule has 7 nitrogen and oxygen atoms in total. The van der Waals surface area contributed by atoms with Gasteiger partial charge in [-0.25, -0.2) is 9.97 Å². The molecule has 2 aliphatic rings. The lowest BCUT2D eigenvalue weighted by atomic mass is 10.3. The van der Waals surface area contributed by atoms with Gasteiger partial charge < -0.3 is 18.9 Å². The number of likely N-dealkylation sites (tertiary alicyclic amines) is 1. The summed E-state index contributed by atoms with van der Waals surface area (Å²) in [6, 6.07) is 9.63. The number of pyridine rings is 2. The Morgan fingerprint density at radius 1 is 1.11 bits per heavy atom. The van der Waals surface area contributed by atoms with Crippen LogP contribution in [0.4, 0.5) is 5.82 Å². The Morgan fingerprint density at radius 3 is 2.86 bits per heavy atom. The molecule has 2 aliphatic heterocycles. The van der Waals surface area contributed by atoms with Crippen LogP contribution in [0.25, 0.3) is 5.65 Å². The molecule has 0 spiro atoms. The maximum absolute atomic E-state index is 12.9. The van der Waals surface area contributed by atoms with Crippen molar-refractivity contribution in [3.8, 4) is 5.75 Å². The minimum absolute atomic E-state index is 0.0217. The van der Waals surface area contributed by atoms with Crippen LogP contribution in [-0.4, -0.2) is 57.5 Å². The molecule has 2 saturated heterocycles. The van der Waals surface area contributed by atoms with E-state index in [2.05, 4.69) is 14.9 Å². The van der Waals surface area contributed by atoms with Crippen molar-refractivity contribution in [3.05, 3.63) is 54.6 Å². The average Bonchev–Trinajstić information content (AvgIpc) is 3.48. The van der Waals surface area contributed by atoms with Gasteiger partial charge in [0.25, 0.3) is 5.91 Å². The molecule has 144 valence electrons. The molecular formula is C21H23N5O2. The fourth-order valence-electron chi connectivity index (χ4n) is 4.03. The summed E-state index contributed by atoms with van der Waals surface area (Å²) in [5.41, 5.74) is 1.26. The van der Waals surface area contributed by atoms with Gasteiger partial charge >= 0.3 is 0 Å². The number of hydrogen-bond acceptors (Lipinski definition) is 5. The largest absolute Gasteiger partial charge is 0.485 e. The summed E-state index contributed by atoms with van der Waals surface area (Å²) in [6.07, 6.45) is 8.69. The molecule has 1 amide bonds. The van der Waals surface area contributed by atoms with E-state index in [1.54, 1.807) is 6.20 Å². The molecule has 0 bridgehead atoms. The van der Waals surface area contributed by atoms with Crippen LogP contribution in [0.15, 0.2) is 48.9 Å². The van der Waals surface area contributed by atoms with Crippen molar-refractivity contribution in [2.45, 2.75) is 25.4 Å². The Kier molecular flexibility index (Phi) is 4.35. The van der Waals surface area contributed by atoms with Crippen LogP contribution in [0, 0.1) is 0 Å². The summed E-state index contributed by atoms with van der Waals surface area (Å²) >= 11 is 0. The van der Waals surface area contributed by atoms with Crippen LogP contribution in [0.1, 0.15) is 29.8 Å². The van der Waals surface area contributed by atoms with Gasteiger partial charge in [-0.05, 0) is 37.1 Å². The minimum Gasteiger partial charge on any atom is -0.485 e. The van der Waals surface area contributed by atoms with Gasteiger partial charge in [0.05, 0.1) is 6.54 Å². The molecule has 0 aliphatic carbocycles. The van der Waals surface area contributed by atoms with Crippen molar-refractivity contribution in [1.29, 1.82) is 0 Å². The summed E-state index contributed by atoms with van der Waals surface area (Å²) < 4.78 is 8.14. The highest BCUT2D eigenvalue weighted by Crippen LogP contribution is 2.30. The lowest BCUT2D eigenvalue weighted by molar-refractivity contribution is 0.0767. The highest BCUT2D eigenvalue weighted by molar-refractivity contribution is 5.93. The van der Waals surface area contributed by atoms with E-state index in [1.807, 2.05) is 52.0 Å². The minimum atomic E-state index is -0.0410. The van der Waals surface area contributed by atoms with Crippen LogP contribution in [0.2, 0.25) is 0 Å². The summed E-state index contributed by atoms with van der Waals surface area (Å²) in [6.45, 7) is 3.30. The van der Waals surface area contributed by atoms with Gasteiger partial charge in [-0.3, -0.25) is 4.79 Å². The molecule has 0 aromatic carbocycles. The second kappa shape index (κ2) is 7.14. The van der Waals surface area contributed by atoms with E-state index in [9.17, 15) is 4.79 Å². The third kappa shape index (κ3) is 3.17. The lowest BCUT2D eigenvalue weighted by Crippen LogP contribution is -2.31. The standard InChI is InChI=1S/C21H23N5O2/c27-21(17-15-25-12-2-1-7-19(25)23-17)26-13-8-16(14-26)28-18-6-5-9-22-20(18)24-10-3-4-11-24/h1-2,5-7,9,12,15-16H,3-4,8,10-11,13-14H2. The third-order valence-corrected chi connectivity index (χ3v) is 5.47. The SMILES string of the molecule is O=C(c1cn2ccccc2n1)N1CCC(Oc2cccnc2N2CCCC2)C1. The van der Waals surface area contributed by atoms with Crippen molar-refractivity contribution in [3.63, 3.8) is 0 Å². The van der Waals surface area contributed by atoms with Crippen LogP contribution in [0.5, 0.6) is 5.75 Å². The molecule has 5 rings (SSSR count). The predicted molar refractivity (Wildman–Crippen MR) is 106 cm³/mol. The van der Waals surface area contributed by atoms with Crippen molar-refractivity contribution in [2.75, 3.05) is 31.1 Å². The lowest BCUT2D eigenvalue weighted by Gasteiger charge is -2.22. The Bertz CT molecular complexity index is 962. The highest BCUT2D eigenvalue weighted by atomic mass is 16.5. The third-order valence-electron chi connectivity index (χ3n) is 5.47. The Labute approximate surface area is 163 Å². The summed E-state index contributed by atoms with van der Waals surface area (Å²) in [4.78, 5) is 26.0. The van der Waals surface area contributed by atoms with Gasteiger partial charge in [-0.2, -0.15) is 0 Å². The number of carbonyl (C=O) groups excluding carboxylic acids is 1. The van der Waals surface area contributed by atoms with E-state index in [-0.39, 0.29) is 12.0 Å². The number of hydrogen-bond donors (Lipinski definition) is 0. The molecular weight excluding hydrogens is 354 g/mol. The van der Waals surface area contributed by atoms with E-state index in [4.69, 9.17) is 4.74 Å². The molecule has 0 N–H and O–H groups in total. The fourth-order valence-corrected chi connectivity index (χ4v) is 4.03. The Morgan fingerprint density at radius 2 is 2.00 bits per heavy atom. The van der Waals surface area contributed by atoms with E-state index in [0.717, 1.165) is 36.7 Å². The van der Waals surface area contributed by atoms with Crippen molar-refractivity contribution in [2.24, 2.45) is 0 Å². The fraction of sp³-hybridized carbons (Fsp3) is 0.381. The van der Waals surface area contributed by atoms with Gasteiger partial charge in [0.1, 0.15) is 17.4 Å². The van der Waals surface area contributed by atoms with Crippen LogP contribution in [0.3, 0.4) is 0 Å². The van der Waals surface area contributed by atoms with Crippen LogP contribution < -0.4 is 9.64 Å². The number of carbonyl (C=O) groups is 1. The molecule has 0 radical (unpaired) electrons. The van der Waals surface area contributed by atoms with Crippen molar-refractivity contribution in [1.82, 2.24) is 19.3 Å². The first-order valence-corrected chi connectivity index (χ1v) is 9.87. The number of ether oxygens (including phenoxy) is 1. The van der Waals surface area contributed by atoms with E-state index < -0.39 is 0 Å².